The Hall–Kier alpha value is -0.570. The second-order valence-corrected chi connectivity index (χ2v) is 7.37. The molecule has 1 saturated heterocycles. The highest BCUT2D eigenvalue weighted by Gasteiger charge is 2.43. The molecule has 0 radical (unpaired) electrons. The third kappa shape index (κ3) is 4.00. The molecular weight excluding hydrogens is 262 g/mol. The molecule has 1 aliphatic carbocycles. The summed E-state index contributed by atoms with van der Waals surface area (Å²) in [7, 11) is 0. The average molecular weight is 295 g/mol. The number of hydrogen-bond donors (Lipinski definition) is 1. The van der Waals surface area contributed by atoms with Crippen molar-refractivity contribution in [2.45, 2.75) is 84.1 Å². The lowest BCUT2D eigenvalue weighted by molar-refractivity contribution is -0.154. The second-order valence-electron chi connectivity index (χ2n) is 7.37. The fourth-order valence-electron chi connectivity index (χ4n) is 4.65. The number of carbonyl (C=O) groups is 1. The normalized spacial score (nSPS) is 34.8. The minimum atomic E-state index is -0.561. The largest absolute Gasteiger partial charge is 0.481 e. The van der Waals surface area contributed by atoms with Gasteiger partial charge in [0.1, 0.15) is 0 Å². The van der Waals surface area contributed by atoms with Crippen molar-refractivity contribution in [1.29, 1.82) is 0 Å². The number of rotatable bonds is 6. The van der Waals surface area contributed by atoms with Gasteiger partial charge in [-0.2, -0.15) is 0 Å². The Kier molecular flexibility index (Phi) is 6.09. The number of hydrogen-bond acceptors (Lipinski definition) is 2. The summed E-state index contributed by atoms with van der Waals surface area (Å²) >= 11 is 0. The number of likely N-dealkylation sites (tertiary alicyclic amines) is 1. The molecule has 0 aromatic rings. The van der Waals surface area contributed by atoms with Crippen molar-refractivity contribution in [1.82, 2.24) is 4.90 Å². The molecule has 0 amide bonds. The lowest BCUT2D eigenvalue weighted by atomic mass is 9.74. The molecule has 1 saturated carbocycles. The van der Waals surface area contributed by atoms with Crippen LogP contribution in [0.4, 0.5) is 0 Å². The lowest BCUT2D eigenvalue weighted by Gasteiger charge is -2.45. The molecule has 1 aliphatic heterocycles. The molecule has 2 aliphatic rings. The van der Waals surface area contributed by atoms with Gasteiger partial charge in [-0.3, -0.25) is 9.69 Å². The molecule has 1 N–H and O–H groups in total. The zero-order valence-electron chi connectivity index (χ0n) is 13.9. The fourth-order valence-corrected chi connectivity index (χ4v) is 4.65. The van der Waals surface area contributed by atoms with Gasteiger partial charge < -0.3 is 5.11 Å². The highest BCUT2D eigenvalue weighted by Crippen LogP contribution is 2.38. The van der Waals surface area contributed by atoms with Crippen molar-refractivity contribution >= 4 is 5.97 Å². The molecule has 122 valence electrons. The molecule has 2 rings (SSSR count). The first-order valence-electron chi connectivity index (χ1n) is 9.08. The molecule has 0 bridgehead atoms. The van der Waals surface area contributed by atoms with Crippen LogP contribution in [-0.2, 0) is 4.79 Å². The van der Waals surface area contributed by atoms with Crippen molar-refractivity contribution < 1.29 is 9.90 Å². The van der Waals surface area contributed by atoms with E-state index in [-0.39, 0.29) is 0 Å². The standard InChI is InChI=1S/C18H33NO2/c1-3-6-15-7-9-16(10-8-15)19-13-5-12-18(14-19,11-4-2)17(20)21/h15-16H,3-14H2,1-2H3,(H,20,21). The van der Waals surface area contributed by atoms with Gasteiger partial charge in [0.2, 0.25) is 0 Å². The van der Waals surface area contributed by atoms with Gasteiger partial charge in [0.05, 0.1) is 5.41 Å². The number of carboxylic acids is 1. The van der Waals surface area contributed by atoms with Crippen molar-refractivity contribution in [3.8, 4) is 0 Å². The summed E-state index contributed by atoms with van der Waals surface area (Å²) in [5.41, 5.74) is -0.465. The van der Waals surface area contributed by atoms with E-state index in [1.165, 1.54) is 38.5 Å². The molecule has 1 heterocycles. The van der Waals surface area contributed by atoms with Gasteiger partial charge in [-0.05, 0) is 57.4 Å². The Bertz CT molecular complexity index is 332. The summed E-state index contributed by atoms with van der Waals surface area (Å²) in [6.07, 6.45) is 11.7. The summed E-state index contributed by atoms with van der Waals surface area (Å²) in [5.74, 6) is 0.365. The Morgan fingerprint density at radius 1 is 1.19 bits per heavy atom. The van der Waals surface area contributed by atoms with Gasteiger partial charge >= 0.3 is 5.97 Å². The Balaban J connectivity index is 1.93. The molecule has 0 aromatic carbocycles. The molecule has 0 aromatic heterocycles. The Labute approximate surface area is 130 Å². The van der Waals surface area contributed by atoms with E-state index < -0.39 is 11.4 Å². The van der Waals surface area contributed by atoms with Crippen molar-refractivity contribution in [2.75, 3.05) is 13.1 Å². The van der Waals surface area contributed by atoms with Gasteiger partial charge in [0.25, 0.3) is 0 Å². The molecular formula is C18H33NO2. The number of piperidine rings is 1. The van der Waals surface area contributed by atoms with Gasteiger partial charge in [-0.1, -0.05) is 33.1 Å². The van der Waals surface area contributed by atoms with E-state index in [9.17, 15) is 9.90 Å². The Morgan fingerprint density at radius 2 is 1.90 bits per heavy atom. The predicted molar refractivity (Wildman–Crippen MR) is 86.4 cm³/mol. The molecule has 1 unspecified atom stereocenters. The number of nitrogens with zero attached hydrogens (tertiary/aromatic N) is 1. The average Bonchev–Trinajstić information content (AvgIpc) is 2.49. The minimum absolute atomic E-state index is 0.465. The van der Waals surface area contributed by atoms with Crippen LogP contribution in [0.15, 0.2) is 0 Å². The van der Waals surface area contributed by atoms with Crippen LogP contribution in [-0.4, -0.2) is 35.1 Å². The van der Waals surface area contributed by atoms with E-state index >= 15 is 0 Å². The summed E-state index contributed by atoms with van der Waals surface area (Å²) in [6.45, 7) is 6.30. The monoisotopic (exact) mass is 295 g/mol. The van der Waals surface area contributed by atoms with Crippen LogP contribution < -0.4 is 0 Å². The molecule has 0 spiro atoms. The summed E-state index contributed by atoms with van der Waals surface area (Å²) in [6, 6.07) is 0.647. The van der Waals surface area contributed by atoms with Crippen molar-refractivity contribution in [3.05, 3.63) is 0 Å². The Morgan fingerprint density at radius 3 is 2.48 bits per heavy atom. The van der Waals surface area contributed by atoms with Crippen LogP contribution in [0.25, 0.3) is 0 Å². The first-order chi connectivity index (χ1) is 10.1. The quantitative estimate of drug-likeness (QED) is 0.793. The van der Waals surface area contributed by atoms with E-state index in [0.717, 1.165) is 44.7 Å². The first kappa shape index (κ1) is 16.8. The highest BCUT2D eigenvalue weighted by molar-refractivity contribution is 5.75. The fraction of sp³-hybridized carbons (Fsp3) is 0.944. The van der Waals surface area contributed by atoms with Crippen LogP contribution in [0.2, 0.25) is 0 Å². The zero-order valence-corrected chi connectivity index (χ0v) is 13.9. The van der Waals surface area contributed by atoms with Crippen LogP contribution in [0.3, 0.4) is 0 Å². The molecule has 3 nitrogen and oxygen atoms in total. The third-order valence-corrected chi connectivity index (χ3v) is 5.82. The van der Waals surface area contributed by atoms with E-state index in [4.69, 9.17) is 0 Å². The van der Waals surface area contributed by atoms with Crippen LogP contribution in [0.1, 0.15) is 78.1 Å². The van der Waals surface area contributed by atoms with Gasteiger partial charge in [0, 0.05) is 12.6 Å². The van der Waals surface area contributed by atoms with Crippen LogP contribution in [0.5, 0.6) is 0 Å². The summed E-state index contributed by atoms with van der Waals surface area (Å²) < 4.78 is 0. The number of carboxylic acid groups (broad SMARTS) is 1. The third-order valence-electron chi connectivity index (χ3n) is 5.82. The lowest BCUT2D eigenvalue weighted by Crippen LogP contribution is -2.52. The zero-order chi connectivity index (χ0) is 15.3. The molecule has 21 heavy (non-hydrogen) atoms. The second kappa shape index (κ2) is 7.62. The maximum absolute atomic E-state index is 11.8. The van der Waals surface area contributed by atoms with Gasteiger partial charge in [0.15, 0.2) is 0 Å². The maximum Gasteiger partial charge on any atom is 0.310 e. The summed E-state index contributed by atoms with van der Waals surface area (Å²) in [5, 5.41) is 9.72. The topological polar surface area (TPSA) is 40.5 Å². The van der Waals surface area contributed by atoms with Crippen molar-refractivity contribution in [3.63, 3.8) is 0 Å². The predicted octanol–water partition coefficient (Wildman–Crippen LogP) is 4.31. The van der Waals surface area contributed by atoms with E-state index in [2.05, 4.69) is 18.7 Å². The SMILES string of the molecule is CCCC1CCC(N2CCCC(CCC)(C(=O)O)C2)CC1. The maximum atomic E-state index is 11.8. The van der Waals surface area contributed by atoms with E-state index in [1.54, 1.807) is 0 Å². The summed E-state index contributed by atoms with van der Waals surface area (Å²) in [4.78, 5) is 14.3. The highest BCUT2D eigenvalue weighted by atomic mass is 16.4. The number of aliphatic carboxylic acids is 1. The van der Waals surface area contributed by atoms with Crippen molar-refractivity contribution in [2.24, 2.45) is 11.3 Å². The minimum Gasteiger partial charge on any atom is -0.481 e. The smallest absolute Gasteiger partial charge is 0.310 e. The van der Waals surface area contributed by atoms with Gasteiger partial charge in [-0.25, -0.2) is 0 Å². The molecule has 3 heteroatoms. The van der Waals surface area contributed by atoms with E-state index in [0.29, 0.717) is 6.04 Å². The molecule has 2 fully saturated rings. The van der Waals surface area contributed by atoms with Gasteiger partial charge in [-0.15, -0.1) is 0 Å². The molecule has 1 atom stereocenters. The first-order valence-corrected chi connectivity index (χ1v) is 9.08. The van der Waals surface area contributed by atoms with Crippen LogP contribution >= 0.6 is 0 Å². The van der Waals surface area contributed by atoms with E-state index in [1.807, 2.05) is 0 Å². The van der Waals surface area contributed by atoms with Crippen LogP contribution in [0, 0.1) is 11.3 Å².